The maximum atomic E-state index is 9.25. The van der Waals surface area contributed by atoms with Gasteiger partial charge in [0, 0.05) is 0 Å². The molecular formula is C8H17LiO. The van der Waals surface area contributed by atoms with Crippen molar-refractivity contribution in [3.63, 3.8) is 0 Å². The predicted octanol–water partition coefficient (Wildman–Crippen LogP) is -1.08. The minimum absolute atomic E-state index is 0. The van der Waals surface area contributed by atoms with Crippen LogP contribution in [0.3, 0.4) is 0 Å². The molecule has 10 heavy (non-hydrogen) atoms. The van der Waals surface area contributed by atoms with Gasteiger partial charge in [0.05, 0.1) is 6.10 Å². The van der Waals surface area contributed by atoms with Gasteiger partial charge >= 0.3 is 18.9 Å². The third-order valence-electron chi connectivity index (χ3n) is 2.15. The van der Waals surface area contributed by atoms with E-state index < -0.39 is 0 Å². The van der Waals surface area contributed by atoms with E-state index in [4.69, 9.17) is 0 Å². The van der Waals surface area contributed by atoms with E-state index in [1.165, 1.54) is 6.42 Å². The SMILES string of the molecule is CC1CC(C)CC(O)C1.[H-].[Li+]. The largest absolute Gasteiger partial charge is 1.00 e. The van der Waals surface area contributed by atoms with Crippen LogP contribution in [0.4, 0.5) is 0 Å². The van der Waals surface area contributed by atoms with Crippen molar-refractivity contribution >= 4 is 0 Å². The summed E-state index contributed by atoms with van der Waals surface area (Å²) >= 11 is 0. The molecule has 0 heterocycles. The normalized spacial score (nSPS) is 40.5. The molecule has 2 heteroatoms. The van der Waals surface area contributed by atoms with Crippen molar-refractivity contribution in [2.24, 2.45) is 11.8 Å². The summed E-state index contributed by atoms with van der Waals surface area (Å²) in [7, 11) is 0. The monoisotopic (exact) mass is 136 g/mol. The van der Waals surface area contributed by atoms with Crippen LogP contribution < -0.4 is 18.9 Å². The molecule has 1 fully saturated rings. The Hall–Kier alpha value is 0.557. The molecule has 0 saturated heterocycles. The minimum Gasteiger partial charge on any atom is -1.00 e. The van der Waals surface area contributed by atoms with Gasteiger partial charge in [0.2, 0.25) is 0 Å². The van der Waals surface area contributed by atoms with Crippen LogP contribution in [0.2, 0.25) is 0 Å². The van der Waals surface area contributed by atoms with Crippen molar-refractivity contribution in [1.82, 2.24) is 0 Å². The standard InChI is InChI=1S/C8H16O.Li.H/c1-6-3-7(2)5-8(9)4-6;;/h6-9H,3-5H2,1-2H3;;/q;+1;-1. The molecule has 0 aliphatic heterocycles. The van der Waals surface area contributed by atoms with E-state index in [1.807, 2.05) is 0 Å². The number of hydrogen-bond donors (Lipinski definition) is 1. The first-order valence-electron chi connectivity index (χ1n) is 3.86. The molecule has 0 aromatic heterocycles. The van der Waals surface area contributed by atoms with Crippen molar-refractivity contribution in [3.8, 4) is 0 Å². The second kappa shape index (κ2) is 4.44. The Kier molecular flexibility index (Phi) is 4.69. The molecule has 1 rings (SSSR count). The van der Waals surface area contributed by atoms with Gasteiger partial charge in [-0.3, -0.25) is 0 Å². The van der Waals surface area contributed by atoms with Crippen LogP contribution in [-0.4, -0.2) is 11.2 Å². The van der Waals surface area contributed by atoms with Gasteiger partial charge in [-0.05, 0) is 31.1 Å². The fourth-order valence-corrected chi connectivity index (χ4v) is 1.90. The summed E-state index contributed by atoms with van der Waals surface area (Å²) in [4.78, 5) is 0. The van der Waals surface area contributed by atoms with E-state index in [-0.39, 0.29) is 26.4 Å². The Morgan fingerprint density at radius 2 is 1.50 bits per heavy atom. The van der Waals surface area contributed by atoms with Crippen molar-refractivity contribution in [1.29, 1.82) is 0 Å². The van der Waals surface area contributed by atoms with Crippen LogP contribution >= 0.6 is 0 Å². The van der Waals surface area contributed by atoms with Gasteiger partial charge in [-0.1, -0.05) is 13.8 Å². The van der Waals surface area contributed by atoms with Crippen LogP contribution in [0.15, 0.2) is 0 Å². The van der Waals surface area contributed by atoms with Crippen molar-refractivity contribution in [3.05, 3.63) is 0 Å². The molecule has 0 bridgehead atoms. The van der Waals surface area contributed by atoms with Crippen molar-refractivity contribution in [2.45, 2.75) is 39.2 Å². The molecule has 2 atom stereocenters. The summed E-state index contributed by atoms with van der Waals surface area (Å²) in [6.07, 6.45) is 3.33. The quantitative estimate of drug-likeness (QED) is 0.420. The molecule has 0 radical (unpaired) electrons. The van der Waals surface area contributed by atoms with Crippen molar-refractivity contribution in [2.75, 3.05) is 0 Å². The second-order valence-corrected chi connectivity index (χ2v) is 3.57. The van der Waals surface area contributed by atoms with E-state index in [0.29, 0.717) is 0 Å². The average molecular weight is 136 g/mol. The molecule has 0 spiro atoms. The Morgan fingerprint density at radius 1 is 1.10 bits per heavy atom. The van der Waals surface area contributed by atoms with Gasteiger partial charge in [0.15, 0.2) is 0 Å². The number of aliphatic hydroxyl groups is 1. The first-order chi connectivity index (χ1) is 4.18. The average Bonchev–Trinajstić information content (AvgIpc) is 1.59. The third-order valence-corrected chi connectivity index (χ3v) is 2.15. The van der Waals surface area contributed by atoms with Gasteiger partial charge in [-0.2, -0.15) is 0 Å². The topological polar surface area (TPSA) is 20.2 Å². The maximum Gasteiger partial charge on any atom is 1.00 e. The fraction of sp³-hybridized carbons (Fsp3) is 1.00. The van der Waals surface area contributed by atoms with Gasteiger partial charge in [0.25, 0.3) is 0 Å². The first kappa shape index (κ1) is 10.6. The Bertz CT molecular complexity index is 75.1. The molecule has 0 aromatic carbocycles. The Balaban J connectivity index is 0. The summed E-state index contributed by atoms with van der Waals surface area (Å²) in [5.74, 6) is 1.48. The minimum atomic E-state index is -0.0104. The van der Waals surface area contributed by atoms with E-state index in [2.05, 4.69) is 13.8 Å². The number of rotatable bonds is 0. The second-order valence-electron chi connectivity index (χ2n) is 3.57. The Labute approximate surface area is 76.9 Å². The Morgan fingerprint density at radius 3 is 1.80 bits per heavy atom. The van der Waals surface area contributed by atoms with Crippen LogP contribution in [0.5, 0.6) is 0 Å². The zero-order valence-corrected chi connectivity index (χ0v) is 7.30. The molecule has 2 unspecified atom stereocenters. The molecule has 1 saturated carbocycles. The van der Waals surface area contributed by atoms with E-state index >= 15 is 0 Å². The molecule has 0 amide bonds. The summed E-state index contributed by atoms with van der Waals surface area (Å²) in [5, 5.41) is 9.25. The zero-order chi connectivity index (χ0) is 6.85. The molecule has 1 N–H and O–H groups in total. The number of aliphatic hydroxyl groups excluding tert-OH is 1. The molecule has 56 valence electrons. The predicted molar refractivity (Wildman–Crippen MR) is 39.3 cm³/mol. The third kappa shape index (κ3) is 3.10. The summed E-state index contributed by atoms with van der Waals surface area (Å²) in [6.45, 7) is 4.44. The maximum absolute atomic E-state index is 9.25. The molecule has 0 aromatic rings. The van der Waals surface area contributed by atoms with Crippen molar-refractivity contribution < 1.29 is 25.4 Å². The van der Waals surface area contributed by atoms with E-state index in [1.54, 1.807) is 0 Å². The summed E-state index contributed by atoms with van der Waals surface area (Å²) in [6, 6.07) is 0. The molecule has 1 nitrogen and oxygen atoms in total. The van der Waals surface area contributed by atoms with Gasteiger partial charge < -0.3 is 6.53 Å². The molecule has 1 aliphatic rings. The smallest absolute Gasteiger partial charge is 1.00 e. The first-order valence-corrected chi connectivity index (χ1v) is 3.86. The summed E-state index contributed by atoms with van der Waals surface area (Å²) < 4.78 is 0. The van der Waals surface area contributed by atoms with E-state index in [0.717, 1.165) is 24.7 Å². The zero-order valence-electron chi connectivity index (χ0n) is 8.30. The van der Waals surface area contributed by atoms with Crippen LogP contribution in [0.1, 0.15) is 34.5 Å². The van der Waals surface area contributed by atoms with Crippen LogP contribution in [0, 0.1) is 11.8 Å². The van der Waals surface area contributed by atoms with Crippen LogP contribution in [0.25, 0.3) is 0 Å². The van der Waals surface area contributed by atoms with Gasteiger partial charge in [-0.15, -0.1) is 0 Å². The van der Waals surface area contributed by atoms with Crippen LogP contribution in [-0.2, 0) is 0 Å². The summed E-state index contributed by atoms with van der Waals surface area (Å²) in [5.41, 5.74) is 0. The van der Waals surface area contributed by atoms with Gasteiger partial charge in [0.1, 0.15) is 0 Å². The fourth-order valence-electron chi connectivity index (χ4n) is 1.90. The number of hydrogen-bond acceptors (Lipinski definition) is 1. The van der Waals surface area contributed by atoms with E-state index in [9.17, 15) is 5.11 Å². The molecular weight excluding hydrogens is 119 g/mol. The molecule has 1 aliphatic carbocycles. The van der Waals surface area contributed by atoms with Gasteiger partial charge in [-0.25, -0.2) is 0 Å².